The molecule has 364 valence electrons. The van der Waals surface area contributed by atoms with Gasteiger partial charge in [-0.3, -0.25) is 4.79 Å². The zero-order valence-electron chi connectivity index (χ0n) is 40.3. The van der Waals surface area contributed by atoms with Crippen LogP contribution >= 0.6 is 0 Å². The number of hydrogen-bond donors (Lipinski definition) is 0. The molecule has 0 saturated heterocycles. The maximum Gasteiger partial charge on any atom is 0.332 e. The van der Waals surface area contributed by atoms with Crippen LogP contribution < -0.4 is 0 Å². The third-order valence-electron chi connectivity index (χ3n) is 11.0. The first-order chi connectivity index (χ1) is 30.0. The highest BCUT2D eigenvalue weighted by atomic mass is 16.6. The Morgan fingerprint density at radius 1 is 0.387 bits per heavy atom. The summed E-state index contributed by atoms with van der Waals surface area (Å²) in [5, 5.41) is 0. The van der Waals surface area contributed by atoms with Crippen LogP contribution in [0.15, 0.2) is 0 Å². The zero-order valence-corrected chi connectivity index (χ0v) is 40.3. The van der Waals surface area contributed by atoms with Gasteiger partial charge in [0.05, 0.1) is 26.4 Å². The van der Waals surface area contributed by atoms with E-state index >= 15 is 0 Å². The smallest absolute Gasteiger partial charge is 0.332 e. The van der Waals surface area contributed by atoms with E-state index < -0.39 is 30.0 Å². The first kappa shape index (κ1) is 59.2. The standard InChI is InChI=1S/C49H91NO12/c1-7-11-15-24-42(25-16-12-8-2)28-19-20-34-58-46(52)38-56-39-47(53)59-35-22-29-44(62-45(51)31-21-33-50(5)6)30-23-36-60-48(54)40-57-41-49(55)61-37-32-43(26-17-13-9-3)27-18-14-10-4/h42-44H,7-41H2,1-6H3. The minimum atomic E-state index is -0.598. The monoisotopic (exact) mass is 886 g/mol. The molecule has 0 spiro atoms. The molecule has 0 radical (unpaired) electrons. The van der Waals surface area contributed by atoms with Gasteiger partial charge in [0, 0.05) is 6.42 Å². The number of hydrogen-bond acceptors (Lipinski definition) is 13. The van der Waals surface area contributed by atoms with Crippen molar-refractivity contribution in [3.8, 4) is 0 Å². The van der Waals surface area contributed by atoms with E-state index in [0.29, 0.717) is 51.2 Å². The van der Waals surface area contributed by atoms with Crippen molar-refractivity contribution in [1.82, 2.24) is 4.90 Å². The molecule has 0 aliphatic rings. The SMILES string of the molecule is CCCCCC(CCCCC)CCCCOC(=O)COCC(=O)OCCCC(CCCOC(=O)COCC(=O)OCCC(CCCCC)CCCCC)OC(=O)CCCN(C)C. The van der Waals surface area contributed by atoms with Gasteiger partial charge in [-0.15, -0.1) is 0 Å². The number of nitrogens with zero attached hydrogens (tertiary/aromatic N) is 1. The summed E-state index contributed by atoms with van der Waals surface area (Å²) < 4.78 is 37.4. The van der Waals surface area contributed by atoms with Gasteiger partial charge in [-0.05, 0) is 83.8 Å². The second-order valence-corrected chi connectivity index (χ2v) is 17.2. The molecular weight excluding hydrogens is 795 g/mol. The lowest BCUT2D eigenvalue weighted by Gasteiger charge is -2.18. The van der Waals surface area contributed by atoms with Crippen LogP contribution in [0.1, 0.15) is 195 Å². The molecule has 62 heavy (non-hydrogen) atoms. The fraction of sp³-hybridized carbons (Fsp3) is 0.898. The molecule has 0 aliphatic heterocycles. The third-order valence-corrected chi connectivity index (χ3v) is 11.0. The van der Waals surface area contributed by atoms with Crippen molar-refractivity contribution in [2.75, 3.05) is 73.5 Å². The molecule has 1 unspecified atom stereocenters. The molecular formula is C49H91NO12. The first-order valence-electron chi connectivity index (χ1n) is 24.7. The summed E-state index contributed by atoms with van der Waals surface area (Å²) in [5.41, 5.74) is 0. The highest BCUT2D eigenvalue weighted by molar-refractivity contribution is 5.74. The maximum absolute atomic E-state index is 12.6. The Kier molecular flexibility index (Phi) is 41.5. The van der Waals surface area contributed by atoms with E-state index in [2.05, 4.69) is 27.7 Å². The Labute approximate surface area is 377 Å². The van der Waals surface area contributed by atoms with Crippen molar-refractivity contribution in [1.29, 1.82) is 0 Å². The van der Waals surface area contributed by atoms with Crippen LogP contribution in [0.5, 0.6) is 0 Å². The molecule has 13 heteroatoms. The van der Waals surface area contributed by atoms with Crippen LogP contribution in [-0.4, -0.2) is 114 Å². The van der Waals surface area contributed by atoms with Crippen LogP contribution in [0.2, 0.25) is 0 Å². The van der Waals surface area contributed by atoms with Crippen LogP contribution in [-0.2, 0) is 57.1 Å². The molecule has 0 bridgehead atoms. The molecule has 0 aromatic rings. The number of rotatable bonds is 45. The van der Waals surface area contributed by atoms with Crippen molar-refractivity contribution in [3.63, 3.8) is 0 Å². The van der Waals surface area contributed by atoms with Crippen LogP contribution in [0.25, 0.3) is 0 Å². The van der Waals surface area contributed by atoms with Gasteiger partial charge in [-0.2, -0.15) is 0 Å². The molecule has 0 aromatic heterocycles. The van der Waals surface area contributed by atoms with E-state index in [1.165, 1.54) is 96.3 Å². The summed E-state index contributed by atoms with van der Waals surface area (Å²) >= 11 is 0. The molecule has 0 heterocycles. The van der Waals surface area contributed by atoms with E-state index in [9.17, 15) is 24.0 Å². The van der Waals surface area contributed by atoms with Gasteiger partial charge in [-0.25, -0.2) is 19.2 Å². The zero-order chi connectivity index (χ0) is 45.9. The third kappa shape index (κ3) is 40.0. The molecule has 0 amide bonds. The van der Waals surface area contributed by atoms with Gasteiger partial charge in [-0.1, -0.05) is 137 Å². The summed E-state index contributed by atoms with van der Waals surface area (Å²) in [4.78, 5) is 63.4. The molecule has 0 fully saturated rings. The lowest BCUT2D eigenvalue weighted by molar-refractivity contribution is -0.157. The van der Waals surface area contributed by atoms with Gasteiger partial charge in [0.2, 0.25) is 0 Å². The van der Waals surface area contributed by atoms with E-state index in [-0.39, 0.29) is 52.0 Å². The normalized spacial score (nSPS) is 11.9. The van der Waals surface area contributed by atoms with Gasteiger partial charge in [0.15, 0.2) is 0 Å². The van der Waals surface area contributed by atoms with Gasteiger partial charge in [0.1, 0.15) is 32.5 Å². The topological polar surface area (TPSA) is 153 Å². The highest BCUT2D eigenvalue weighted by Crippen LogP contribution is 2.24. The average Bonchev–Trinajstić information content (AvgIpc) is 3.23. The average molecular weight is 886 g/mol. The van der Waals surface area contributed by atoms with Crippen LogP contribution in [0, 0.1) is 11.8 Å². The number of unbranched alkanes of at least 4 members (excludes halogenated alkanes) is 9. The summed E-state index contributed by atoms with van der Waals surface area (Å²) in [5.74, 6) is -1.21. The second-order valence-electron chi connectivity index (χ2n) is 17.2. The minimum Gasteiger partial charge on any atom is -0.464 e. The predicted molar refractivity (Wildman–Crippen MR) is 244 cm³/mol. The molecule has 0 N–H and O–H groups in total. The molecule has 13 nitrogen and oxygen atoms in total. The van der Waals surface area contributed by atoms with Crippen molar-refractivity contribution >= 4 is 29.8 Å². The fourth-order valence-corrected chi connectivity index (χ4v) is 7.30. The van der Waals surface area contributed by atoms with E-state index in [0.717, 1.165) is 44.6 Å². The van der Waals surface area contributed by atoms with E-state index in [4.69, 9.17) is 33.2 Å². The second kappa shape index (κ2) is 43.5. The van der Waals surface area contributed by atoms with Crippen LogP contribution in [0.4, 0.5) is 0 Å². The van der Waals surface area contributed by atoms with Gasteiger partial charge < -0.3 is 38.1 Å². The predicted octanol–water partition coefficient (Wildman–Crippen LogP) is 10.1. The Morgan fingerprint density at radius 2 is 0.742 bits per heavy atom. The van der Waals surface area contributed by atoms with Crippen molar-refractivity contribution in [2.24, 2.45) is 11.8 Å². The van der Waals surface area contributed by atoms with Crippen molar-refractivity contribution < 1.29 is 57.1 Å². The quantitative estimate of drug-likeness (QED) is 0.0324. The summed E-state index contributed by atoms with van der Waals surface area (Å²) in [6, 6.07) is 0. The molecule has 1 atom stereocenters. The first-order valence-corrected chi connectivity index (χ1v) is 24.7. The number of carbonyl (C=O) groups excluding carboxylic acids is 5. The maximum atomic E-state index is 12.6. The Hall–Kier alpha value is -2.77. The fourth-order valence-electron chi connectivity index (χ4n) is 7.30. The molecule has 0 saturated carbocycles. The Bertz CT molecular complexity index is 1080. The highest BCUT2D eigenvalue weighted by Gasteiger charge is 2.17. The molecule has 0 rings (SSSR count). The number of carbonyl (C=O) groups is 5. The Morgan fingerprint density at radius 3 is 1.13 bits per heavy atom. The lowest BCUT2D eigenvalue weighted by Crippen LogP contribution is -2.23. The summed E-state index contributed by atoms with van der Waals surface area (Å²) in [6.45, 7) is 9.12. The van der Waals surface area contributed by atoms with Gasteiger partial charge >= 0.3 is 29.8 Å². The summed E-state index contributed by atoms with van der Waals surface area (Å²) in [7, 11) is 3.88. The molecule has 0 aromatic carbocycles. The van der Waals surface area contributed by atoms with E-state index in [1.54, 1.807) is 0 Å². The van der Waals surface area contributed by atoms with E-state index in [1.807, 2.05) is 19.0 Å². The molecule has 0 aliphatic carbocycles. The Balaban J connectivity index is 4.44. The van der Waals surface area contributed by atoms with Gasteiger partial charge in [0.25, 0.3) is 0 Å². The minimum absolute atomic E-state index is 0.0895. The largest absolute Gasteiger partial charge is 0.464 e. The number of ether oxygens (including phenoxy) is 7. The summed E-state index contributed by atoms with van der Waals surface area (Å²) in [6.07, 6.45) is 25.8. The number of esters is 5. The van der Waals surface area contributed by atoms with Crippen molar-refractivity contribution in [3.05, 3.63) is 0 Å². The van der Waals surface area contributed by atoms with Crippen molar-refractivity contribution in [2.45, 2.75) is 201 Å². The lowest BCUT2D eigenvalue weighted by atomic mass is 9.90. The van der Waals surface area contributed by atoms with Crippen LogP contribution in [0.3, 0.4) is 0 Å².